The number of anilines is 2. The van der Waals surface area contributed by atoms with Gasteiger partial charge in [0.1, 0.15) is 0 Å². The molecule has 0 bridgehead atoms. The van der Waals surface area contributed by atoms with Crippen molar-refractivity contribution < 1.29 is 16.8 Å². The molecule has 1 aliphatic heterocycles. The highest BCUT2D eigenvalue weighted by Gasteiger charge is 2.27. The average molecular weight is 457 g/mol. The van der Waals surface area contributed by atoms with Crippen LogP contribution >= 0.6 is 0 Å². The summed E-state index contributed by atoms with van der Waals surface area (Å²) in [5, 5.41) is 0. The lowest BCUT2D eigenvalue weighted by Crippen LogP contribution is -2.36. The largest absolute Gasteiger partial charge is 0.280 e. The molecule has 1 heterocycles. The monoisotopic (exact) mass is 456 g/mol. The fraction of sp³-hybridized carbons (Fsp3) is 0.217. The van der Waals surface area contributed by atoms with Gasteiger partial charge >= 0.3 is 0 Å². The number of benzene rings is 3. The van der Waals surface area contributed by atoms with Crippen LogP contribution in [0.15, 0.2) is 77.7 Å². The van der Waals surface area contributed by atoms with Crippen LogP contribution in [-0.4, -0.2) is 29.1 Å². The summed E-state index contributed by atoms with van der Waals surface area (Å²) in [5.41, 5.74) is 3.72. The maximum absolute atomic E-state index is 12.9. The van der Waals surface area contributed by atoms with Crippen molar-refractivity contribution in [2.75, 3.05) is 21.3 Å². The van der Waals surface area contributed by atoms with Crippen LogP contribution in [0.5, 0.6) is 0 Å². The van der Waals surface area contributed by atoms with Crippen molar-refractivity contribution in [1.29, 1.82) is 0 Å². The van der Waals surface area contributed by atoms with Crippen LogP contribution in [0.25, 0.3) is 11.1 Å². The first-order valence-electron chi connectivity index (χ1n) is 10.1. The number of nitrogens with one attached hydrogen (secondary N) is 1. The van der Waals surface area contributed by atoms with Crippen LogP contribution in [0.1, 0.15) is 18.9 Å². The molecule has 4 rings (SSSR count). The van der Waals surface area contributed by atoms with Crippen LogP contribution < -0.4 is 9.03 Å². The topological polar surface area (TPSA) is 83.6 Å². The summed E-state index contributed by atoms with van der Waals surface area (Å²) in [5.74, 6) is -0.00381. The standard InChI is InChI=1S/C23H24N2O4S2/c1-2-30(26,27)25-16-6-9-20-10-13-21(17-23(20)25)24-31(28,29)22-14-11-19(12-15-22)18-7-4-3-5-8-18/h3-5,7-8,10-15,17,24H,2,6,9,16H2,1H3. The van der Waals surface area contributed by atoms with Crippen molar-refractivity contribution in [1.82, 2.24) is 0 Å². The van der Waals surface area contributed by atoms with Crippen LogP contribution in [0.4, 0.5) is 11.4 Å². The van der Waals surface area contributed by atoms with Gasteiger partial charge in [-0.2, -0.15) is 0 Å². The third kappa shape index (κ3) is 4.45. The Morgan fingerprint density at radius 1 is 0.871 bits per heavy atom. The second-order valence-corrected chi connectivity index (χ2v) is 11.3. The van der Waals surface area contributed by atoms with Crippen LogP contribution in [0.3, 0.4) is 0 Å². The molecule has 1 aliphatic rings. The summed E-state index contributed by atoms with van der Waals surface area (Å²) in [6.45, 7) is 2.01. The second kappa shape index (κ2) is 8.36. The molecule has 162 valence electrons. The number of fused-ring (bicyclic) bond motifs is 1. The molecule has 0 unspecified atom stereocenters. The first-order chi connectivity index (χ1) is 14.8. The Bertz CT molecular complexity index is 1290. The fourth-order valence-corrected chi connectivity index (χ4v) is 5.96. The molecule has 0 aliphatic carbocycles. The van der Waals surface area contributed by atoms with Gasteiger partial charge in [-0.05, 0) is 60.7 Å². The highest BCUT2D eigenvalue weighted by Crippen LogP contribution is 2.33. The highest BCUT2D eigenvalue weighted by molar-refractivity contribution is 7.93. The molecular weight excluding hydrogens is 432 g/mol. The Balaban J connectivity index is 1.61. The molecule has 0 saturated heterocycles. The molecule has 0 saturated carbocycles. The number of sulfonamides is 2. The maximum atomic E-state index is 12.9. The van der Waals surface area contributed by atoms with Gasteiger partial charge in [-0.3, -0.25) is 9.03 Å². The lowest BCUT2D eigenvalue weighted by Gasteiger charge is -2.30. The van der Waals surface area contributed by atoms with Crippen molar-refractivity contribution in [3.63, 3.8) is 0 Å². The van der Waals surface area contributed by atoms with Crippen molar-refractivity contribution in [3.8, 4) is 11.1 Å². The third-order valence-corrected chi connectivity index (χ3v) is 8.56. The molecule has 0 fully saturated rings. The molecule has 3 aromatic rings. The Morgan fingerprint density at radius 3 is 2.23 bits per heavy atom. The molecule has 0 aromatic heterocycles. The average Bonchev–Trinajstić information content (AvgIpc) is 2.79. The van der Waals surface area contributed by atoms with Crippen LogP contribution in [-0.2, 0) is 26.5 Å². The molecule has 1 N–H and O–H groups in total. The maximum Gasteiger partial charge on any atom is 0.261 e. The van der Waals surface area contributed by atoms with Gasteiger partial charge in [0, 0.05) is 6.54 Å². The quantitative estimate of drug-likeness (QED) is 0.601. The minimum Gasteiger partial charge on any atom is -0.280 e. The van der Waals surface area contributed by atoms with Crippen molar-refractivity contribution in [3.05, 3.63) is 78.4 Å². The fourth-order valence-electron chi connectivity index (χ4n) is 3.72. The Hall–Kier alpha value is -2.84. The van der Waals surface area contributed by atoms with Gasteiger partial charge in [-0.1, -0.05) is 48.5 Å². The zero-order chi connectivity index (χ0) is 22.1. The SMILES string of the molecule is CCS(=O)(=O)N1CCCc2ccc(NS(=O)(=O)c3ccc(-c4ccccc4)cc3)cc21. The molecule has 0 amide bonds. The van der Waals surface area contributed by atoms with Crippen LogP contribution in [0, 0.1) is 0 Å². The minimum absolute atomic E-state index is 0.00381. The first kappa shape index (κ1) is 21.4. The van der Waals surface area contributed by atoms with Gasteiger partial charge in [0.05, 0.1) is 22.0 Å². The van der Waals surface area contributed by atoms with E-state index in [1.54, 1.807) is 49.4 Å². The van der Waals surface area contributed by atoms with E-state index in [9.17, 15) is 16.8 Å². The predicted octanol–water partition coefficient (Wildman–Crippen LogP) is 4.26. The molecule has 0 atom stereocenters. The van der Waals surface area contributed by atoms with E-state index >= 15 is 0 Å². The van der Waals surface area contributed by atoms with Crippen molar-refractivity contribution >= 4 is 31.4 Å². The smallest absolute Gasteiger partial charge is 0.261 e. The summed E-state index contributed by atoms with van der Waals surface area (Å²) in [7, 11) is -7.24. The molecule has 8 heteroatoms. The Labute approximate surface area is 183 Å². The number of hydrogen-bond acceptors (Lipinski definition) is 4. The van der Waals surface area contributed by atoms with Gasteiger partial charge in [-0.25, -0.2) is 16.8 Å². The van der Waals surface area contributed by atoms with Gasteiger partial charge in [0.15, 0.2) is 0 Å². The summed E-state index contributed by atoms with van der Waals surface area (Å²) in [6.07, 6.45) is 1.50. The minimum atomic E-state index is -3.82. The molecule has 0 spiro atoms. The van der Waals surface area contributed by atoms with E-state index in [0.717, 1.165) is 29.5 Å². The molecule has 31 heavy (non-hydrogen) atoms. The van der Waals surface area contributed by atoms with Gasteiger partial charge in [0.2, 0.25) is 10.0 Å². The number of nitrogens with zero attached hydrogens (tertiary/aromatic N) is 1. The number of hydrogen-bond donors (Lipinski definition) is 1. The van der Waals surface area contributed by atoms with E-state index in [4.69, 9.17) is 0 Å². The van der Waals surface area contributed by atoms with Crippen LogP contribution in [0.2, 0.25) is 0 Å². The Kier molecular flexibility index (Phi) is 5.77. The van der Waals surface area contributed by atoms with E-state index in [2.05, 4.69) is 4.72 Å². The van der Waals surface area contributed by atoms with E-state index in [0.29, 0.717) is 17.9 Å². The molecule has 6 nitrogen and oxygen atoms in total. The van der Waals surface area contributed by atoms with Crippen molar-refractivity contribution in [2.45, 2.75) is 24.7 Å². The zero-order valence-electron chi connectivity index (χ0n) is 17.2. The first-order valence-corrected chi connectivity index (χ1v) is 13.2. The lowest BCUT2D eigenvalue weighted by atomic mass is 10.0. The van der Waals surface area contributed by atoms with E-state index in [-0.39, 0.29) is 10.6 Å². The summed E-state index contributed by atoms with van der Waals surface area (Å²) >= 11 is 0. The van der Waals surface area contributed by atoms with Gasteiger partial charge in [-0.15, -0.1) is 0 Å². The molecular formula is C23H24N2O4S2. The molecule has 0 radical (unpaired) electrons. The van der Waals surface area contributed by atoms with E-state index in [1.165, 1.54) is 4.31 Å². The van der Waals surface area contributed by atoms with Crippen molar-refractivity contribution in [2.24, 2.45) is 0 Å². The Morgan fingerprint density at radius 2 is 1.55 bits per heavy atom. The van der Waals surface area contributed by atoms with E-state index in [1.807, 2.05) is 30.3 Å². The summed E-state index contributed by atoms with van der Waals surface area (Å²) in [4.78, 5) is 0.142. The molecule has 3 aromatic carbocycles. The van der Waals surface area contributed by atoms with Gasteiger partial charge < -0.3 is 0 Å². The normalized spacial score (nSPS) is 14.2. The second-order valence-electron chi connectivity index (χ2n) is 7.42. The zero-order valence-corrected chi connectivity index (χ0v) is 18.8. The predicted molar refractivity (Wildman–Crippen MR) is 124 cm³/mol. The summed E-state index contributed by atoms with van der Waals surface area (Å²) < 4.78 is 54.7. The summed E-state index contributed by atoms with van der Waals surface area (Å²) in [6, 6.07) is 21.5. The van der Waals surface area contributed by atoms with Gasteiger partial charge in [0.25, 0.3) is 10.0 Å². The lowest BCUT2D eigenvalue weighted by molar-refractivity contribution is 0.587. The highest BCUT2D eigenvalue weighted by atomic mass is 32.2. The third-order valence-electron chi connectivity index (χ3n) is 5.39. The number of aryl methyl sites for hydroxylation is 1. The number of rotatable bonds is 6. The van der Waals surface area contributed by atoms with E-state index < -0.39 is 20.0 Å².